The van der Waals surface area contributed by atoms with E-state index in [0.717, 1.165) is 46.3 Å². The van der Waals surface area contributed by atoms with Gasteiger partial charge in [-0.1, -0.05) is 32.9 Å². The number of H-pyrrole nitrogens is 1. The topological polar surface area (TPSA) is 75.1 Å². The molecular formula is C25H26N2O3. The molecule has 2 aromatic carbocycles. The number of ketones is 1. The second-order valence-electron chi connectivity index (χ2n) is 9.37. The molecule has 0 spiro atoms. The molecule has 1 aromatic heterocycles. The van der Waals surface area contributed by atoms with E-state index in [0.29, 0.717) is 17.7 Å². The lowest BCUT2D eigenvalue weighted by molar-refractivity contribution is -0.120. The van der Waals surface area contributed by atoms with Gasteiger partial charge in [0, 0.05) is 29.9 Å². The highest BCUT2D eigenvalue weighted by molar-refractivity contribution is 5.96. The molecule has 2 aliphatic rings. The van der Waals surface area contributed by atoms with E-state index >= 15 is 0 Å². The van der Waals surface area contributed by atoms with Crippen molar-refractivity contribution < 1.29 is 15.7 Å². The molecule has 5 heteroatoms. The first-order valence-corrected chi connectivity index (χ1v) is 10.3. The van der Waals surface area contributed by atoms with Crippen LogP contribution in [0.2, 0.25) is 0 Å². The van der Waals surface area contributed by atoms with Gasteiger partial charge in [-0.05, 0) is 48.2 Å². The molecule has 0 atom stereocenters. The molecule has 154 valence electrons. The van der Waals surface area contributed by atoms with E-state index < -0.39 is 5.41 Å². The average molecular weight is 402 g/mol. The third-order valence-corrected chi connectivity index (χ3v) is 6.30. The maximum Gasteiger partial charge on any atom is 0.231 e. The molecule has 1 saturated carbocycles. The quantitative estimate of drug-likeness (QED) is 0.654. The molecule has 30 heavy (non-hydrogen) atoms. The van der Waals surface area contributed by atoms with E-state index in [4.69, 9.17) is 9.47 Å². The molecule has 0 bridgehead atoms. The van der Waals surface area contributed by atoms with E-state index in [1.54, 1.807) is 0 Å². The molecule has 1 N–H and O–H groups in total. The van der Waals surface area contributed by atoms with E-state index in [1.807, 2.05) is 36.4 Å². The van der Waals surface area contributed by atoms with Gasteiger partial charge in [-0.15, -0.1) is 0 Å². The second kappa shape index (κ2) is 6.37. The zero-order chi connectivity index (χ0) is 21.1. The standard InChI is InChI=1S/C25H24N2O3.H2/c1-24(2,3)23-18(13-26)17-10-15(4-6-19(17)27-23)11-22(28)25(8-9-25)16-5-7-20-21(12-16)30-14-29-20;/h4-7,10,12,27H,8-9,11,14H2,1-3H3;1H. The number of hydrogen-bond donors (Lipinski definition) is 1. The monoisotopic (exact) mass is 402 g/mol. The highest BCUT2D eigenvalue weighted by Gasteiger charge is 2.50. The Morgan fingerprint density at radius 3 is 2.63 bits per heavy atom. The molecule has 1 aliphatic carbocycles. The maximum atomic E-state index is 13.3. The number of aromatic amines is 1. The average Bonchev–Trinajstić information content (AvgIpc) is 3.24. The zero-order valence-corrected chi connectivity index (χ0v) is 17.5. The summed E-state index contributed by atoms with van der Waals surface area (Å²) in [4.78, 5) is 16.7. The minimum atomic E-state index is -0.428. The first kappa shape index (κ1) is 18.7. The summed E-state index contributed by atoms with van der Waals surface area (Å²) >= 11 is 0. The van der Waals surface area contributed by atoms with E-state index in [2.05, 4.69) is 31.8 Å². The van der Waals surface area contributed by atoms with Gasteiger partial charge in [-0.25, -0.2) is 0 Å². The fourth-order valence-electron chi connectivity index (χ4n) is 4.43. The van der Waals surface area contributed by atoms with Crippen molar-refractivity contribution in [3.05, 3.63) is 58.8 Å². The smallest absolute Gasteiger partial charge is 0.231 e. The van der Waals surface area contributed by atoms with Crippen LogP contribution in [0.15, 0.2) is 36.4 Å². The van der Waals surface area contributed by atoms with Crippen molar-refractivity contribution >= 4 is 16.7 Å². The van der Waals surface area contributed by atoms with Crippen LogP contribution in [0.5, 0.6) is 11.5 Å². The molecule has 3 aromatic rings. The summed E-state index contributed by atoms with van der Waals surface area (Å²) in [6.45, 7) is 6.50. The molecule has 5 rings (SSSR count). The summed E-state index contributed by atoms with van der Waals surface area (Å²) in [5.74, 6) is 1.66. The molecule has 1 aliphatic heterocycles. The molecule has 0 radical (unpaired) electrons. The summed E-state index contributed by atoms with van der Waals surface area (Å²) < 4.78 is 10.9. The highest BCUT2D eigenvalue weighted by Crippen LogP contribution is 2.51. The molecule has 1 fully saturated rings. The van der Waals surface area contributed by atoms with Crippen LogP contribution in [0, 0.1) is 11.3 Å². The first-order chi connectivity index (χ1) is 14.3. The number of nitriles is 1. The number of fused-ring (bicyclic) bond motifs is 2. The van der Waals surface area contributed by atoms with Crippen LogP contribution < -0.4 is 9.47 Å². The first-order valence-electron chi connectivity index (χ1n) is 10.3. The zero-order valence-electron chi connectivity index (χ0n) is 17.5. The predicted octanol–water partition coefficient (Wildman–Crippen LogP) is 5.16. The number of ether oxygens (including phenoxy) is 2. The fraction of sp³-hybridized carbons (Fsp3) is 0.360. The molecular weight excluding hydrogens is 376 g/mol. The number of rotatable bonds is 4. The van der Waals surface area contributed by atoms with E-state index in [-0.39, 0.29) is 19.4 Å². The predicted molar refractivity (Wildman–Crippen MR) is 116 cm³/mol. The number of Topliss-reactive ketones (excluding diaryl/α,β-unsaturated/α-hetero) is 1. The summed E-state index contributed by atoms with van der Waals surface area (Å²) in [7, 11) is 0. The van der Waals surface area contributed by atoms with Crippen molar-refractivity contribution in [2.24, 2.45) is 0 Å². The molecule has 2 heterocycles. The molecule has 5 nitrogen and oxygen atoms in total. The Hall–Kier alpha value is -3.26. The van der Waals surface area contributed by atoms with Gasteiger partial charge in [0.15, 0.2) is 11.5 Å². The third kappa shape index (κ3) is 2.87. The van der Waals surface area contributed by atoms with E-state index in [9.17, 15) is 10.1 Å². The van der Waals surface area contributed by atoms with Crippen LogP contribution >= 0.6 is 0 Å². The maximum absolute atomic E-state index is 13.3. The third-order valence-electron chi connectivity index (χ3n) is 6.30. The van der Waals surface area contributed by atoms with Gasteiger partial charge in [0.25, 0.3) is 0 Å². The van der Waals surface area contributed by atoms with Gasteiger partial charge < -0.3 is 14.5 Å². The Balaban J connectivity index is 0.00000231. The fourth-order valence-corrected chi connectivity index (χ4v) is 4.43. The molecule has 0 saturated heterocycles. The van der Waals surface area contributed by atoms with Gasteiger partial charge >= 0.3 is 0 Å². The number of aromatic nitrogens is 1. The lowest BCUT2D eigenvalue weighted by atomic mass is 9.87. The van der Waals surface area contributed by atoms with Crippen LogP contribution in [0.1, 0.15) is 57.4 Å². The minimum Gasteiger partial charge on any atom is -0.454 e. The highest BCUT2D eigenvalue weighted by atomic mass is 16.7. The van der Waals surface area contributed by atoms with Crippen molar-refractivity contribution in [3.63, 3.8) is 0 Å². The Labute approximate surface area is 177 Å². The van der Waals surface area contributed by atoms with Gasteiger partial charge in [0.2, 0.25) is 6.79 Å². The van der Waals surface area contributed by atoms with Crippen LogP contribution in [-0.4, -0.2) is 17.6 Å². The van der Waals surface area contributed by atoms with Crippen molar-refractivity contribution in [2.75, 3.05) is 6.79 Å². The SMILES string of the molecule is CC(C)(C)c1[nH]c2ccc(CC(=O)C3(c4ccc5c(c4)OCO5)CC3)cc2c1C#N.[HH]. The van der Waals surface area contributed by atoms with Gasteiger partial charge in [-0.3, -0.25) is 4.79 Å². The minimum absolute atomic E-state index is 0. The van der Waals surface area contributed by atoms with Crippen LogP contribution in [0.4, 0.5) is 0 Å². The largest absolute Gasteiger partial charge is 0.454 e. The number of carbonyl (C=O) groups is 1. The van der Waals surface area contributed by atoms with Crippen molar-refractivity contribution in [1.82, 2.24) is 4.98 Å². The van der Waals surface area contributed by atoms with Crippen LogP contribution in [-0.2, 0) is 22.0 Å². The van der Waals surface area contributed by atoms with Crippen molar-refractivity contribution in [3.8, 4) is 17.6 Å². The second-order valence-corrected chi connectivity index (χ2v) is 9.37. The lowest BCUT2D eigenvalue weighted by Crippen LogP contribution is -2.22. The number of benzene rings is 2. The Morgan fingerprint density at radius 1 is 1.17 bits per heavy atom. The summed E-state index contributed by atoms with van der Waals surface area (Å²) in [5, 5.41) is 10.6. The van der Waals surface area contributed by atoms with Crippen molar-refractivity contribution in [1.29, 1.82) is 5.26 Å². The van der Waals surface area contributed by atoms with Gasteiger partial charge in [0.1, 0.15) is 11.9 Å². The van der Waals surface area contributed by atoms with Crippen molar-refractivity contribution in [2.45, 2.75) is 50.9 Å². The normalized spacial score (nSPS) is 16.5. The Kier molecular flexibility index (Phi) is 3.98. The number of nitrogens with zero attached hydrogens (tertiary/aromatic N) is 1. The van der Waals surface area contributed by atoms with Gasteiger partial charge in [0.05, 0.1) is 11.0 Å². The Bertz CT molecular complexity index is 1230. The van der Waals surface area contributed by atoms with Gasteiger partial charge in [-0.2, -0.15) is 5.26 Å². The molecule has 0 unspecified atom stereocenters. The Morgan fingerprint density at radius 2 is 1.93 bits per heavy atom. The summed E-state index contributed by atoms with van der Waals surface area (Å²) in [5.41, 5.74) is 3.90. The van der Waals surface area contributed by atoms with Crippen LogP contribution in [0.25, 0.3) is 10.9 Å². The lowest BCUT2D eigenvalue weighted by Gasteiger charge is -2.16. The number of nitrogens with one attached hydrogen (secondary N) is 1. The number of carbonyl (C=O) groups excluding carboxylic acids is 1. The number of hydrogen-bond acceptors (Lipinski definition) is 4. The summed E-state index contributed by atoms with van der Waals surface area (Å²) in [6.07, 6.45) is 2.07. The van der Waals surface area contributed by atoms with E-state index in [1.165, 1.54) is 0 Å². The molecule has 0 amide bonds. The summed E-state index contributed by atoms with van der Waals surface area (Å²) in [6, 6.07) is 14.1. The van der Waals surface area contributed by atoms with Crippen LogP contribution in [0.3, 0.4) is 0 Å².